The highest BCUT2D eigenvalue weighted by Gasteiger charge is 2.21. The summed E-state index contributed by atoms with van der Waals surface area (Å²) in [5.74, 6) is 0.986. The van der Waals surface area contributed by atoms with Crippen molar-refractivity contribution in [3.8, 4) is 0 Å². The van der Waals surface area contributed by atoms with Gasteiger partial charge in [-0.05, 0) is 44.0 Å². The zero-order valence-electron chi connectivity index (χ0n) is 13.2. The Labute approximate surface area is 138 Å². The van der Waals surface area contributed by atoms with Gasteiger partial charge in [-0.1, -0.05) is 0 Å². The summed E-state index contributed by atoms with van der Waals surface area (Å²) >= 11 is 0. The minimum Gasteiger partial charge on any atom is -0.317 e. The van der Waals surface area contributed by atoms with E-state index in [1.54, 1.807) is 17.1 Å². The number of nitrogens with one attached hydrogen (secondary N) is 3. The van der Waals surface area contributed by atoms with Gasteiger partial charge >= 0.3 is 0 Å². The van der Waals surface area contributed by atoms with Gasteiger partial charge in [-0.2, -0.15) is 10.2 Å². The molecule has 1 saturated heterocycles. The lowest BCUT2D eigenvalue weighted by Gasteiger charge is -2.22. The number of carbonyl (C=O) groups excluding carboxylic acids is 1. The maximum absolute atomic E-state index is 12.4. The molecule has 24 heavy (non-hydrogen) atoms. The number of piperidine rings is 1. The quantitative estimate of drug-likeness (QED) is 0.670. The number of anilines is 1. The van der Waals surface area contributed by atoms with E-state index >= 15 is 0 Å². The number of rotatable bonds is 4. The molecule has 0 saturated carbocycles. The summed E-state index contributed by atoms with van der Waals surface area (Å²) in [6.45, 7) is 2.13. The number of hydrogen-bond donors (Lipinski definition) is 3. The lowest BCUT2D eigenvalue weighted by Crippen LogP contribution is -2.27. The fraction of sp³-hybridized carbons (Fsp3) is 0.375. The molecule has 0 bridgehead atoms. The summed E-state index contributed by atoms with van der Waals surface area (Å²) in [5, 5.41) is 17.5. The van der Waals surface area contributed by atoms with Gasteiger partial charge < -0.3 is 10.6 Å². The monoisotopic (exact) mass is 325 g/mol. The van der Waals surface area contributed by atoms with Crippen LogP contribution in [-0.2, 0) is 11.3 Å². The first-order valence-electron chi connectivity index (χ1n) is 8.11. The number of fused-ring (bicyclic) bond motifs is 1. The highest BCUT2D eigenvalue weighted by Crippen LogP contribution is 2.29. The molecule has 3 N–H and O–H groups in total. The molecule has 1 fully saturated rings. The van der Waals surface area contributed by atoms with Gasteiger partial charge in [-0.25, -0.2) is 0 Å². The molecule has 124 valence electrons. The van der Waals surface area contributed by atoms with E-state index in [1.807, 2.05) is 18.3 Å². The molecule has 0 aliphatic carbocycles. The first-order chi connectivity index (χ1) is 11.8. The van der Waals surface area contributed by atoms with Crippen LogP contribution in [0.15, 0.2) is 30.7 Å². The van der Waals surface area contributed by atoms with Crippen molar-refractivity contribution in [3.63, 3.8) is 0 Å². The predicted octanol–water partition coefficient (Wildman–Crippen LogP) is 1.26. The third-order valence-corrected chi connectivity index (χ3v) is 4.42. The van der Waals surface area contributed by atoms with Crippen LogP contribution in [0.5, 0.6) is 0 Å². The van der Waals surface area contributed by atoms with Crippen LogP contribution in [0.3, 0.4) is 0 Å². The van der Waals surface area contributed by atoms with Crippen LogP contribution in [0.25, 0.3) is 11.0 Å². The number of aromatic amines is 1. The number of nitrogens with zero attached hydrogens (tertiary/aromatic N) is 4. The third kappa shape index (κ3) is 2.88. The Kier molecular flexibility index (Phi) is 3.96. The van der Waals surface area contributed by atoms with Crippen molar-refractivity contribution in [2.24, 2.45) is 0 Å². The van der Waals surface area contributed by atoms with E-state index in [0.717, 1.165) is 42.5 Å². The average Bonchev–Trinajstić information content (AvgIpc) is 3.23. The van der Waals surface area contributed by atoms with Gasteiger partial charge in [0.05, 0.1) is 17.9 Å². The highest BCUT2D eigenvalue weighted by molar-refractivity contribution is 5.91. The summed E-state index contributed by atoms with van der Waals surface area (Å²) < 4.78 is 1.65. The molecule has 0 atom stereocenters. The summed E-state index contributed by atoms with van der Waals surface area (Å²) in [6.07, 6.45) is 7.30. The Bertz CT molecular complexity index is 847. The normalized spacial score (nSPS) is 15.7. The molecule has 3 aromatic rings. The molecule has 0 aromatic carbocycles. The maximum Gasteiger partial charge on any atom is 0.247 e. The zero-order valence-corrected chi connectivity index (χ0v) is 13.2. The minimum atomic E-state index is -0.136. The summed E-state index contributed by atoms with van der Waals surface area (Å²) in [7, 11) is 0. The van der Waals surface area contributed by atoms with Gasteiger partial charge in [0, 0.05) is 11.8 Å². The van der Waals surface area contributed by atoms with Gasteiger partial charge in [0.25, 0.3) is 0 Å². The highest BCUT2D eigenvalue weighted by atomic mass is 16.2. The lowest BCUT2D eigenvalue weighted by atomic mass is 9.92. The van der Waals surface area contributed by atoms with Crippen LogP contribution in [0.1, 0.15) is 24.3 Å². The molecule has 8 nitrogen and oxygen atoms in total. The molecule has 1 aliphatic rings. The van der Waals surface area contributed by atoms with Crippen molar-refractivity contribution in [1.29, 1.82) is 0 Å². The molecule has 4 rings (SSSR count). The summed E-state index contributed by atoms with van der Waals surface area (Å²) in [6, 6.07) is 3.74. The Morgan fingerprint density at radius 3 is 3.08 bits per heavy atom. The predicted molar refractivity (Wildman–Crippen MR) is 89.6 cm³/mol. The minimum absolute atomic E-state index is 0.136. The topological polar surface area (TPSA) is 101 Å². The average molecular weight is 325 g/mol. The van der Waals surface area contributed by atoms with Crippen molar-refractivity contribution in [2.75, 3.05) is 18.4 Å². The van der Waals surface area contributed by atoms with E-state index in [0.29, 0.717) is 11.7 Å². The van der Waals surface area contributed by atoms with Crippen LogP contribution in [0.4, 0.5) is 5.82 Å². The number of H-pyrrole nitrogens is 1. The van der Waals surface area contributed by atoms with E-state index in [1.165, 1.54) is 0 Å². The number of hydrogen-bond acceptors (Lipinski definition) is 5. The Morgan fingerprint density at radius 1 is 1.33 bits per heavy atom. The van der Waals surface area contributed by atoms with Gasteiger partial charge in [0.2, 0.25) is 5.91 Å². The number of amides is 1. The van der Waals surface area contributed by atoms with Crippen molar-refractivity contribution in [2.45, 2.75) is 25.3 Å². The van der Waals surface area contributed by atoms with Gasteiger partial charge in [-0.15, -0.1) is 0 Å². The molecule has 1 aliphatic heterocycles. The molecule has 0 spiro atoms. The lowest BCUT2D eigenvalue weighted by molar-refractivity contribution is -0.116. The molecule has 0 unspecified atom stereocenters. The van der Waals surface area contributed by atoms with Crippen LogP contribution in [0.2, 0.25) is 0 Å². The smallest absolute Gasteiger partial charge is 0.247 e. The zero-order chi connectivity index (χ0) is 16.4. The van der Waals surface area contributed by atoms with E-state index in [-0.39, 0.29) is 12.5 Å². The van der Waals surface area contributed by atoms with E-state index in [4.69, 9.17) is 0 Å². The molecule has 1 amide bonds. The Hall–Kier alpha value is -2.74. The Morgan fingerprint density at radius 2 is 2.21 bits per heavy atom. The van der Waals surface area contributed by atoms with Crippen molar-refractivity contribution >= 4 is 22.8 Å². The second-order valence-electron chi connectivity index (χ2n) is 5.98. The van der Waals surface area contributed by atoms with Crippen LogP contribution in [0, 0.1) is 0 Å². The van der Waals surface area contributed by atoms with Gasteiger partial charge in [0.1, 0.15) is 17.9 Å². The fourth-order valence-electron chi connectivity index (χ4n) is 3.19. The molecular weight excluding hydrogens is 306 g/mol. The SMILES string of the molecule is O=C(Cn1ncc2ncccc21)Nc1[nH]ncc1C1CCNCC1. The summed E-state index contributed by atoms with van der Waals surface area (Å²) in [5.41, 5.74) is 2.70. The largest absolute Gasteiger partial charge is 0.317 e. The standard InChI is InChI=1S/C16H19N7O/c24-15(10-23-14-2-1-5-18-13(14)9-20-23)21-16-12(8-19-22-16)11-3-6-17-7-4-11/h1-2,5,8-9,11,17H,3-4,6-7,10H2,(H2,19,21,22,24). The molecular formula is C16H19N7O. The Balaban J connectivity index is 1.48. The maximum atomic E-state index is 12.4. The molecule has 4 heterocycles. The molecule has 8 heteroatoms. The van der Waals surface area contributed by atoms with Gasteiger partial charge in [0.15, 0.2) is 0 Å². The fourth-order valence-corrected chi connectivity index (χ4v) is 3.19. The first-order valence-corrected chi connectivity index (χ1v) is 8.11. The number of aromatic nitrogens is 5. The molecule has 3 aromatic heterocycles. The van der Waals surface area contributed by atoms with E-state index in [2.05, 4.69) is 30.9 Å². The molecule has 0 radical (unpaired) electrons. The first kappa shape index (κ1) is 14.8. The third-order valence-electron chi connectivity index (χ3n) is 4.42. The van der Waals surface area contributed by atoms with Crippen molar-refractivity contribution in [3.05, 3.63) is 36.3 Å². The van der Waals surface area contributed by atoms with Gasteiger partial charge in [-0.3, -0.25) is 19.6 Å². The van der Waals surface area contributed by atoms with Crippen molar-refractivity contribution in [1.82, 2.24) is 30.3 Å². The van der Waals surface area contributed by atoms with Crippen molar-refractivity contribution < 1.29 is 4.79 Å². The van der Waals surface area contributed by atoms with Crippen LogP contribution < -0.4 is 10.6 Å². The summed E-state index contributed by atoms with van der Waals surface area (Å²) in [4.78, 5) is 16.6. The second-order valence-corrected chi connectivity index (χ2v) is 5.98. The van der Waals surface area contributed by atoms with E-state index < -0.39 is 0 Å². The van der Waals surface area contributed by atoms with Crippen LogP contribution >= 0.6 is 0 Å². The van der Waals surface area contributed by atoms with E-state index in [9.17, 15) is 4.79 Å². The second kappa shape index (κ2) is 6.40. The van der Waals surface area contributed by atoms with Crippen LogP contribution in [-0.4, -0.2) is 44.0 Å². The number of pyridine rings is 1. The number of carbonyl (C=O) groups is 1.